The third-order valence-corrected chi connectivity index (χ3v) is 5.33. The number of hydrogen-bond donors (Lipinski definition) is 0. The summed E-state index contributed by atoms with van der Waals surface area (Å²) in [5.74, 6) is 0.883. The highest BCUT2D eigenvalue weighted by Gasteiger charge is 2.13. The molecule has 25 heavy (non-hydrogen) atoms. The number of fused-ring (bicyclic) bond motifs is 5. The maximum atomic E-state index is 4.93. The molecule has 0 saturated heterocycles. The number of hydrogen-bond acceptors (Lipinski definition) is 3. The summed E-state index contributed by atoms with van der Waals surface area (Å²) in [6, 6.07) is 27.0. The number of rotatable bonds is 3. The maximum Gasteiger partial charge on any atom is 0.175 e. The average molecular weight is 341 g/mol. The molecule has 0 aliphatic carbocycles. The van der Waals surface area contributed by atoms with E-state index in [0.29, 0.717) is 0 Å². The molecule has 3 nitrogen and oxygen atoms in total. The molecule has 0 radical (unpaired) electrons. The van der Waals surface area contributed by atoms with Gasteiger partial charge in [0.2, 0.25) is 0 Å². The fourth-order valence-corrected chi connectivity index (χ4v) is 4.10. The van der Waals surface area contributed by atoms with Crippen molar-refractivity contribution in [3.63, 3.8) is 0 Å². The predicted octanol–water partition coefficient (Wildman–Crippen LogP) is 5.33. The van der Waals surface area contributed by atoms with Crippen molar-refractivity contribution < 1.29 is 0 Å². The van der Waals surface area contributed by atoms with Crippen molar-refractivity contribution in [2.75, 3.05) is 0 Å². The number of nitrogens with zero attached hydrogens (tertiary/aromatic N) is 3. The van der Waals surface area contributed by atoms with Crippen molar-refractivity contribution in [1.82, 2.24) is 14.4 Å². The maximum absolute atomic E-state index is 4.93. The highest BCUT2D eigenvalue weighted by atomic mass is 32.2. The lowest BCUT2D eigenvalue weighted by Gasteiger charge is -2.08. The second-order valence-electron chi connectivity index (χ2n) is 5.95. The largest absolute Gasteiger partial charge is 0.271 e. The zero-order valence-corrected chi connectivity index (χ0v) is 14.3. The van der Waals surface area contributed by atoms with E-state index in [1.165, 1.54) is 5.56 Å². The summed E-state index contributed by atoms with van der Waals surface area (Å²) in [5, 5.41) is 2.06. The lowest BCUT2D eigenvalue weighted by atomic mass is 10.2. The van der Waals surface area contributed by atoms with Crippen molar-refractivity contribution in [3.8, 4) is 0 Å². The van der Waals surface area contributed by atoms with Crippen molar-refractivity contribution in [1.29, 1.82) is 0 Å². The molecule has 2 aromatic heterocycles. The lowest BCUT2D eigenvalue weighted by molar-refractivity contribution is 0.952. The Bertz CT molecular complexity index is 1200. The van der Waals surface area contributed by atoms with Crippen molar-refractivity contribution in [2.24, 2.45) is 0 Å². The van der Waals surface area contributed by atoms with Crippen LogP contribution in [0, 0.1) is 0 Å². The fraction of sp³-hybridized carbons (Fsp3) is 0.0476. The van der Waals surface area contributed by atoms with Crippen molar-refractivity contribution in [2.45, 2.75) is 10.9 Å². The molecule has 3 aromatic carbocycles. The van der Waals surface area contributed by atoms with E-state index in [4.69, 9.17) is 9.97 Å². The van der Waals surface area contributed by atoms with Gasteiger partial charge in [-0.1, -0.05) is 66.4 Å². The van der Waals surface area contributed by atoms with Gasteiger partial charge in [0.1, 0.15) is 5.65 Å². The number of benzene rings is 3. The minimum absolute atomic E-state index is 0.883. The van der Waals surface area contributed by atoms with Gasteiger partial charge in [-0.15, -0.1) is 0 Å². The standard InChI is InChI=1S/C21H15N3S/c1-2-8-15(9-3-1)14-25-21-23-17-11-5-4-10-16(17)20-22-18-12-6-7-13-19(18)24(20)21/h1-13H,14H2. The van der Waals surface area contributed by atoms with Gasteiger partial charge in [-0.2, -0.15) is 0 Å². The minimum Gasteiger partial charge on any atom is -0.271 e. The van der Waals surface area contributed by atoms with E-state index in [2.05, 4.69) is 59.0 Å². The first-order valence-electron chi connectivity index (χ1n) is 8.23. The number of thioether (sulfide) groups is 1. The fourth-order valence-electron chi connectivity index (χ4n) is 3.13. The van der Waals surface area contributed by atoms with Crippen LogP contribution >= 0.6 is 11.8 Å². The van der Waals surface area contributed by atoms with E-state index in [0.717, 1.165) is 38.5 Å². The van der Waals surface area contributed by atoms with E-state index in [1.54, 1.807) is 11.8 Å². The van der Waals surface area contributed by atoms with Gasteiger partial charge in [0.15, 0.2) is 5.16 Å². The Hall–Kier alpha value is -2.85. The summed E-state index contributed by atoms with van der Waals surface area (Å²) in [4.78, 5) is 9.80. The Morgan fingerprint density at radius 1 is 0.720 bits per heavy atom. The molecule has 120 valence electrons. The van der Waals surface area contributed by atoms with Crippen LogP contribution in [0.5, 0.6) is 0 Å². The zero-order chi connectivity index (χ0) is 16.6. The molecule has 0 aliphatic heterocycles. The molecular weight excluding hydrogens is 326 g/mol. The monoisotopic (exact) mass is 341 g/mol. The van der Waals surface area contributed by atoms with Crippen LogP contribution in [0.1, 0.15) is 5.56 Å². The third kappa shape index (κ3) is 2.46. The van der Waals surface area contributed by atoms with Crippen LogP contribution in [-0.4, -0.2) is 14.4 Å². The van der Waals surface area contributed by atoms with E-state index >= 15 is 0 Å². The van der Waals surface area contributed by atoms with E-state index in [-0.39, 0.29) is 0 Å². The molecule has 0 spiro atoms. The SMILES string of the molecule is c1ccc(CSc2nc3ccccc3c3nc4ccccc4n23)cc1. The molecule has 4 heteroatoms. The van der Waals surface area contributed by atoms with Crippen molar-refractivity contribution in [3.05, 3.63) is 84.4 Å². The van der Waals surface area contributed by atoms with Crippen LogP contribution in [0.25, 0.3) is 27.6 Å². The molecule has 0 unspecified atom stereocenters. The minimum atomic E-state index is 0.883. The molecule has 0 atom stereocenters. The normalized spacial score (nSPS) is 11.5. The quantitative estimate of drug-likeness (QED) is 0.328. The van der Waals surface area contributed by atoms with Gasteiger partial charge in [-0.25, -0.2) is 9.97 Å². The average Bonchev–Trinajstić information content (AvgIpc) is 3.07. The van der Waals surface area contributed by atoms with Crippen LogP contribution in [0.4, 0.5) is 0 Å². The summed E-state index contributed by atoms with van der Waals surface area (Å²) < 4.78 is 2.19. The summed E-state index contributed by atoms with van der Waals surface area (Å²) in [6.07, 6.45) is 0. The molecule has 0 fully saturated rings. The zero-order valence-electron chi connectivity index (χ0n) is 13.5. The van der Waals surface area contributed by atoms with Crippen LogP contribution < -0.4 is 0 Å². The molecule has 0 aliphatic rings. The Kier molecular flexibility index (Phi) is 3.42. The summed E-state index contributed by atoms with van der Waals surface area (Å²) in [7, 11) is 0. The molecular formula is C21H15N3S. The summed E-state index contributed by atoms with van der Waals surface area (Å²) >= 11 is 1.75. The number of imidazole rings is 1. The second-order valence-corrected chi connectivity index (χ2v) is 6.89. The van der Waals surface area contributed by atoms with Gasteiger partial charge in [0.05, 0.1) is 16.6 Å². The third-order valence-electron chi connectivity index (χ3n) is 4.32. The Morgan fingerprint density at radius 2 is 1.44 bits per heavy atom. The van der Waals surface area contributed by atoms with Gasteiger partial charge in [-0.3, -0.25) is 4.40 Å². The Balaban J connectivity index is 1.74. The van der Waals surface area contributed by atoms with E-state index < -0.39 is 0 Å². The predicted molar refractivity (Wildman–Crippen MR) is 104 cm³/mol. The first-order chi connectivity index (χ1) is 12.4. The van der Waals surface area contributed by atoms with E-state index in [9.17, 15) is 0 Å². The molecule has 0 saturated carbocycles. The molecule has 5 aromatic rings. The first kappa shape index (κ1) is 14.5. The van der Waals surface area contributed by atoms with Gasteiger partial charge in [0, 0.05) is 11.1 Å². The van der Waals surface area contributed by atoms with Crippen LogP contribution in [-0.2, 0) is 5.75 Å². The first-order valence-corrected chi connectivity index (χ1v) is 9.21. The van der Waals surface area contributed by atoms with Gasteiger partial charge >= 0.3 is 0 Å². The highest BCUT2D eigenvalue weighted by molar-refractivity contribution is 7.98. The molecule has 2 heterocycles. The lowest BCUT2D eigenvalue weighted by Crippen LogP contribution is -1.97. The van der Waals surface area contributed by atoms with E-state index in [1.807, 2.05) is 24.3 Å². The van der Waals surface area contributed by atoms with Gasteiger partial charge < -0.3 is 0 Å². The van der Waals surface area contributed by atoms with Crippen LogP contribution in [0.15, 0.2) is 84.0 Å². The highest BCUT2D eigenvalue weighted by Crippen LogP contribution is 2.30. The second kappa shape index (κ2) is 5.90. The molecule has 0 N–H and O–H groups in total. The summed E-state index contributed by atoms with van der Waals surface area (Å²) in [6.45, 7) is 0. The Labute approximate surface area is 149 Å². The van der Waals surface area contributed by atoms with Crippen LogP contribution in [0.2, 0.25) is 0 Å². The molecule has 0 bridgehead atoms. The smallest absolute Gasteiger partial charge is 0.175 e. The Morgan fingerprint density at radius 3 is 2.32 bits per heavy atom. The topological polar surface area (TPSA) is 30.2 Å². The van der Waals surface area contributed by atoms with Gasteiger partial charge in [0.25, 0.3) is 0 Å². The number of para-hydroxylation sites is 3. The summed E-state index contributed by atoms with van der Waals surface area (Å²) in [5.41, 5.74) is 5.36. The van der Waals surface area contributed by atoms with Crippen molar-refractivity contribution >= 4 is 39.3 Å². The number of aromatic nitrogens is 3. The van der Waals surface area contributed by atoms with Gasteiger partial charge in [-0.05, 0) is 29.8 Å². The molecule has 0 amide bonds. The molecule has 5 rings (SSSR count). The van der Waals surface area contributed by atoms with Crippen LogP contribution in [0.3, 0.4) is 0 Å².